The molecule has 1 aromatic heterocycles. The van der Waals surface area contributed by atoms with Gasteiger partial charge in [-0.15, -0.1) is 11.3 Å². The van der Waals surface area contributed by atoms with Gasteiger partial charge in [-0.25, -0.2) is 4.79 Å². The van der Waals surface area contributed by atoms with Crippen molar-refractivity contribution in [2.75, 3.05) is 26.2 Å². The molecule has 2 amide bonds. The topological polar surface area (TPSA) is 49.9 Å². The van der Waals surface area contributed by atoms with E-state index in [1.54, 1.807) is 16.2 Å². The minimum Gasteiger partial charge on any atom is -0.444 e. The van der Waals surface area contributed by atoms with Gasteiger partial charge >= 0.3 is 6.09 Å². The highest BCUT2D eigenvalue weighted by Gasteiger charge is 2.25. The molecular formula is C22H32N2O3S. The second kappa shape index (κ2) is 9.12. The zero-order chi connectivity index (χ0) is 20.1. The van der Waals surface area contributed by atoms with Gasteiger partial charge in [0, 0.05) is 36.4 Å². The second-order valence-corrected chi connectivity index (χ2v) is 9.58. The Hall–Kier alpha value is -1.82. The molecule has 1 saturated heterocycles. The number of thiophene rings is 1. The van der Waals surface area contributed by atoms with Crippen LogP contribution in [0, 0.1) is 0 Å². The third-order valence-corrected chi connectivity index (χ3v) is 6.17. The summed E-state index contributed by atoms with van der Waals surface area (Å²) < 4.78 is 5.45. The molecule has 1 fully saturated rings. The van der Waals surface area contributed by atoms with Crippen LogP contribution in [0.1, 0.15) is 74.5 Å². The molecule has 154 valence electrons. The van der Waals surface area contributed by atoms with Crippen LogP contribution in [0.5, 0.6) is 0 Å². The number of nitrogens with zero attached hydrogens (tertiary/aromatic N) is 2. The average molecular weight is 405 g/mol. The van der Waals surface area contributed by atoms with Crippen LogP contribution in [-0.4, -0.2) is 53.6 Å². The van der Waals surface area contributed by atoms with E-state index in [-0.39, 0.29) is 12.0 Å². The van der Waals surface area contributed by atoms with E-state index in [1.165, 1.54) is 24.8 Å². The third kappa shape index (κ3) is 5.60. The highest BCUT2D eigenvalue weighted by Crippen LogP contribution is 2.29. The third-order valence-electron chi connectivity index (χ3n) is 5.17. The molecule has 3 heterocycles. The largest absolute Gasteiger partial charge is 0.444 e. The quantitative estimate of drug-likeness (QED) is 0.682. The highest BCUT2D eigenvalue weighted by atomic mass is 32.1. The summed E-state index contributed by atoms with van der Waals surface area (Å²) in [6.45, 7) is 8.59. The fourth-order valence-corrected chi connectivity index (χ4v) is 4.59. The lowest BCUT2D eigenvalue weighted by molar-refractivity contribution is 0.0270. The van der Waals surface area contributed by atoms with E-state index in [4.69, 9.17) is 4.74 Å². The Kier molecular flexibility index (Phi) is 6.81. The van der Waals surface area contributed by atoms with Gasteiger partial charge in [0.1, 0.15) is 5.60 Å². The lowest BCUT2D eigenvalue weighted by Crippen LogP contribution is -2.39. The first-order valence-electron chi connectivity index (χ1n) is 10.4. The molecule has 6 heteroatoms. The van der Waals surface area contributed by atoms with Crippen LogP contribution in [-0.2, 0) is 4.74 Å². The molecule has 2 aliphatic rings. The number of hydrogen-bond donors (Lipinski definition) is 0. The number of rotatable bonds is 2. The molecule has 0 bridgehead atoms. The van der Waals surface area contributed by atoms with Crippen molar-refractivity contribution in [1.29, 1.82) is 0 Å². The molecule has 0 unspecified atom stereocenters. The van der Waals surface area contributed by atoms with Crippen LogP contribution in [0.4, 0.5) is 4.79 Å². The van der Waals surface area contributed by atoms with Gasteiger partial charge in [0.05, 0.1) is 5.56 Å². The zero-order valence-corrected chi connectivity index (χ0v) is 18.1. The van der Waals surface area contributed by atoms with E-state index in [0.29, 0.717) is 13.1 Å². The van der Waals surface area contributed by atoms with Crippen molar-refractivity contribution in [3.05, 3.63) is 28.0 Å². The first-order chi connectivity index (χ1) is 13.3. The normalized spacial score (nSPS) is 18.9. The molecule has 0 spiro atoms. The van der Waals surface area contributed by atoms with Crippen molar-refractivity contribution in [2.24, 2.45) is 0 Å². The lowest BCUT2D eigenvalue weighted by Gasteiger charge is -2.29. The highest BCUT2D eigenvalue weighted by molar-refractivity contribution is 7.11. The molecule has 0 aliphatic carbocycles. The van der Waals surface area contributed by atoms with Crippen molar-refractivity contribution in [3.63, 3.8) is 0 Å². The van der Waals surface area contributed by atoms with Crippen LogP contribution in [0.3, 0.4) is 0 Å². The monoisotopic (exact) mass is 404 g/mol. The SMILES string of the molecule is CC(C)(C)OC(=O)N1CC=C(c2cc(C(=O)N3CCCCCCC3)cs2)CC1. The number of carbonyl (C=O) groups is 2. The number of amides is 2. The van der Waals surface area contributed by atoms with Gasteiger partial charge in [-0.3, -0.25) is 4.79 Å². The molecule has 3 rings (SSSR count). The van der Waals surface area contributed by atoms with Crippen molar-refractivity contribution in [2.45, 2.75) is 64.9 Å². The summed E-state index contributed by atoms with van der Waals surface area (Å²) in [6, 6.07) is 2.03. The first kappa shape index (κ1) is 20.9. The Morgan fingerprint density at radius 1 is 1.00 bits per heavy atom. The summed E-state index contributed by atoms with van der Waals surface area (Å²) in [4.78, 5) is 30.0. The van der Waals surface area contributed by atoms with E-state index in [2.05, 4.69) is 6.08 Å². The van der Waals surface area contributed by atoms with E-state index in [0.717, 1.165) is 42.8 Å². The van der Waals surface area contributed by atoms with E-state index >= 15 is 0 Å². The summed E-state index contributed by atoms with van der Waals surface area (Å²) in [5.41, 5.74) is 1.55. The van der Waals surface area contributed by atoms with E-state index < -0.39 is 5.60 Å². The Labute approximate surface area is 172 Å². The van der Waals surface area contributed by atoms with Gasteiger partial charge in [0.15, 0.2) is 0 Å². The summed E-state index contributed by atoms with van der Waals surface area (Å²) in [5.74, 6) is 0.163. The van der Waals surface area contributed by atoms with Gasteiger partial charge in [-0.2, -0.15) is 0 Å². The zero-order valence-electron chi connectivity index (χ0n) is 17.3. The van der Waals surface area contributed by atoms with Crippen LogP contribution < -0.4 is 0 Å². The number of likely N-dealkylation sites (tertiary alicyclic amines) is 1. The maximum absolute atomic E-state index is 12.9. The molecule has 0 N–H and O–H groups in total. The van der Waals surface area contributed by atoms with Crippen molar-refractivity contribution >= 4 is 28.9 Å². The molecule has 0 atom stereocenters. The fourth-order valence-electron chi connectivity index (χ4n) is 3.64. The Bertz CT molecular complexity index is 724. The molecule has 28 heavy (non-hydrogen) atoms. The maximum Gasteiger partial charge on any atom is 0.410 e. The molecule has 0 saturated carbocycles. The van der Waals surface area contributed by atoms with Crippen molar-refractivity contribution in [3.8, 4) is 0 Å². The standard InChI is InChI=1S/C22H32N2O3S/c1-22(2,3)27-21(26)24-13-9-17(10-14-24)19-15-18(16-28-19)20(25)23-11-7-5-4-6-8-12-23/h9,15-16H,4-8,10-14H2,1-3H3. The minimum atomic E-state index is -0.476. The van der Waals surface area contributed by atoms with Gasteiger partial charge in [0.25, 0.3) is 5.91 Å². The molecule has 2 aliphatic heterocycles. The molecule has 5 nitrogen and oxygen atoms in total. The predicted octanol–water partition coefficient (Wildman–Crippen LogP) is 5.18. The van der Waals surface area contributed by atoms with Gasteiger partial charge in [-0.05, 0) is 51.7 Å². The summed E-state index contributed by atoms with van der Waals surface area (Å²) in [7, 11) is 0. The van der Waals surface area contributed by atoms with Crippen molar-refractivity contribution < 1.29 is 14.3 Å². The van der Waals surface area contributed by atoms with Gasteiger partial charge in [0.2, 0.25) is 0 Å². The number of hydrogen-bond acceptors (Lipinski definition) is 4. The second-order valence-electron chi connectivity index (χ2n) is 8.67. The number of ether oxygens (including phenoxy) is 1. The van der Waals surface area contributed by atoms with Crippen LogP contribution in [0.2, 0.25) is 0 Å². The van der Waals surface area contributed by atoms with Crippen molar-refractivity contribution in [1.82, 2.24) is 9.80 Å². The van der Waals surface area contributed by atoms with Gasteiger partial charge in [-0.1, -0.05) is 25.3 Å². The Morgan fingerprint density at radius 2 is 1.68 bits per heavy atom. The summed E-state index contributed by atoms with van der Waals surface area (Å²) in [5, 5.41) is 1.98. The summed E-state index contributed by atoms with van der Waals surface area (Å²) >= 11 is 1.63. The smallest absolute Gasteiger partial charge is 0.410 e. The first-order valence-corrected chi connectivity index (χ1v) is 11.3. The maximum atomic E-state index is 12.9. The average Bonchev–Trinajstić information content (AvgIpc) is 3.10. The Balaban J connectivity index is 1.61. The summed E-state index contributed by atoms with van der Waals surface area (Å²) in [6.07, 6.45) is 8.56. The van der Waals surface area contributed by atoms with E-state index in [9.17, 15) is 9.59 Å². The van der Waals surface area contributed by atoms with Crippen LogP contribution in [0.25, 0.3) is 5.57 Å². The fraction of sp³-hybridized carbons (Fsp3) is 0.636. The van der Waals surface area contributed by atoms with E-state index in [1.807, 2.05) is 37.1 Å². The lowest BCUT2D eigenvalue weighted by atomic mass is 10.1. The Morgan fingerprint density at radius 3 is 2.29 bits per heavy atom. The molecular weight excluding hydrogens is 372 g/mol. The predicted molar refractivity (Wildman–Crippen MR) is 114 cm³/mol. The van der Waals surface area contributed by atoms with Crippen LogP contribution >= 0.6 is 11.3 Å². The molecule has 1 aromatic rings. The molecule has 0 radical (unpaired) electrons. The molecule has 0 aromatic carbocycles. The minimum absolute atomic E-state index is 0.163. The number of carbonyl (C=O) groups excluding carboxylic acids is 2. The van der Waals surface area contributed by atoms with Gasteiger partial charge < -0.3 is 14.5 Å². The van der Waals surface area contributed by atoms with Crippen LogP contribution in [0.15, 0.2) is 17.5 Å².